The Morgan fingerprint density at radius 1 is 1.18 bits per heavy atom. The molecule has 0 saturated carbocycles. The van der Waals surface area contributed by atoms with Crippen LogP contribution in [0.15, 0.2) is 48.8 Å². The van der Waals surface area contributed by atoms with Gasteiger partial charge in [0.05, 0.1) is 0 Å². The van der Waals surface area contributed by atoms with E-state index < -0.39 is 0 Å². The first-order valence-electron chi connectivity index (χ1n) is 3.72. The Kier molecular flexibility index (Phi) is 1.56. The van der Waals surface area contributed by atoms with Gasteiger partial charge in [0.25, 0.3) is 0 Å². The molecule has 1 aromatic rings. The van der Waals surface area contributed by atoms with Gasteiger partial charge in [-0.05, 0) is 11.6 Å². The first kappa shape index (κ1) is 6.35. The highest BCUT2D eigenvalue weighted by Crippen LogP contribution is 2.21. The average Bonchev–Trinajstić information content (AvgIpc) is 2.58. The molecular formula is C10H9N. The zero-order valence-electron chi connectivity index (χ0n) is 6.14. The quantitative estimate of drug-likeness (QED) is 0.587. The van der Waals surface area contributed by atoms with Crippen LogP contribution in [0.5, 0.6) is 0 Å². The van der Waals surface area contributed by atoms with E-state index in [1.54, 1.807) is 6.20 Å². The van der Waals surface area contributed by atoms with Gasteiger partial charge in [-0.25, -0.2) is 0 Å². The minimum Gasteiger partial charge on any atom is -0.264 e. The van der Waals surface area contributed by atoms with Crippen LogP contribution < -0.4 is 0 Å². The molecule has 0 bridgehead atoms. The van der Waals surface area contributed by atoms with Crippen molar-refractivity contribution in [1.29, 1.82) is 0 Å². The summed E-state index contributed by atoms with van der Waals surface area (Å²) in [7, 11) is 0. The molecule has 0 radical (unpaired) electrons. The topological polar surface area (TPSA) is 12.9 Å². The highest BCUT2D eigenvalue weighted by molar-refractivity contribution is 5.32. The fourth-order valence-corrected chi connectivity index (χ4v) is 1.23. The van der Waals surface area contributed by atoms with Gasteiger partial charge >= 0.3 is 0 Å². The van der Waals surface area contributed by atoms with Crippen LogP contribution in [0.25, 0.3) is 0 Å². The second kappa shape index (κ2) is 2.70. The van der Waals surface area contributed by atoms with Crippen LogP contribution in [-0.4, -0.2) is 4.98 Å². The van der Waals surface area contributed by atoms with Gasteiger partial charge in [-0.2, -0.15) is 0 Å². The van der Waals surface area contributed by atoms with E-state index in [9.17, 15) is 0 Å². The molecule has 11 heavy (non-hydrogen) atoms. The van der Waals surface area contributed by atoms with Crippen LogP contribution in [0.4, 0.5) is 0 Å². The number of pyridine rings is 1. The number of aromatic nitrogens is 1. The molecule has 1 nitrogen and oxygen atoms in total. The maximum absolute atomic E-state index is 4.06. The molecule has 1 aliphatic rings. The van der Waals surface area contributed by atoms with Gasteiger partial charge < -0.3 is 0 Å². The van der Waals surface area contributed by atoms with Crippen molar-refractivity contribution in [2.24, 2.45) is 0 Å². The molecule has 1 aromatic heterocycles. The lowest BCUT2D eigenvalue weighted by Gasteiger charge is -2.02. The lowest BCUT2D eigenvalue weighted by molar-refractivity contribution is 1.07. The zero-order valence-corrected chi connectivity index (χ0v) is 6.14. The van der Waals surface area contributed by atoms with Crippen molar-refractivity contribution in [3.63, 3.8) is 0 Å². The van der Waals surface area contributed by atoms with Gasteiger partial charge in [-0.3, -0.25) is 4.98 Å². The van der Waals surface area contributed by atoms with Crippen LogP contribution in [0.1, 0.15) is 11.5 Å². The van der Waals surface area contributed by atoms with Gasteiger partial charge in [-0.1, -0.05) is 30.4 Å². The maximum Gasteiger partial charge on any atom is 0.0309 e. The fourth-order valence-electron chi connectivity index (χ4n) is 1.23. The summed E-state index contributed by atoms with van der Waals surface area (Å²) in [6, 6.07) is 4.06. The molecule has 0 aromatic carbocycles. The van der Waals surface area contributed by atoms with Gasteiger partial charge in [0, 0.05) is 18.3 Å². The Labute approximate surface area is 66.1 Å². The van der Waals surface area contributed by atoms with Crippen LogP contribution >= 0.6 is 0 Å². The van der Waals surface area contributed by atoms with Gasteiger partial charge in [0.15, 0.2) is 0 Å². The molecule has 2 rings (SSSR count). The second-order valence-electron chi connectivity index (χ2n) is 2.58. The second-order valence-corrected chi connectivity index (χ2v) is 2.58. The third-order valence-electron chi connectivity index (χ3n) is 1.82. The Morgan fingerprint density at radius 2 is 2.00 bits per heavy atom. The first-order valence-corrected chi connectivity index (χ1v) is 3.72. The smallest absolute Gasteiger partial charge is 0.0309 e. The third-order valence-corrected chi connectivity index (χ3v) is 1.82. The molecule has 0 fully saturated rings. The molecule has 54 valence electrons. The minimum absolute atomic E-state index is 0.448. The number of allylic oxidation sites excluding steroid dienone is 4. The van der Waals surface area contributed by atoms with Crippen molar-refractivity contribution in [2.75, 3.05) is 0 Å². The molecule has 0 amide bonds. The zero-order chi connectivity index (χ0) is 7.52. The van der Waals surface area contributed by atoms with Gasteiger partial charge in [0.1, 0.15) is 0 Å². The van der Waals surface area contributed by atoms with Crippen molar-refractivity contribution < 1.29 is 0 Å². The molecule has 0 aliphatic heterocycles. The van der Waals surface area contributed by atoms with E-state index in [1.807, 2.05) is 12.3 Å². The Hall–Kier alpha value is -1.37. The lowest BCUT2D eigenvalue weighted by atomic mass is 10.0. The largest absolute Gasteiger partial charge is 0.264 e. The summed E-state index contributed by atoms with van der Waals surface area (Å²) in [5, 5.41) is 0. The monoisotopic (exact) mass is 143 g/mol. The van der Waals surface area contributed by atoms with E-state index in [0.29, 0.717) is 5.92 Å². The molecule has 0 N–H and O–H groups in total. The summed E-state index contributed by atoms with van der Waals surface area (Å²) in [5.74, 6) is 0.448. The Balaban J connectivity index is 2.30. The van der Waals surface area contributed by atoms with Crippen LogP contribution in [0, 0.1) is 0 Å². The van der Waals surface area contributed by atoms with Crippen molar-refractivity contribution in [1.82, 2.24) is 4.98 Å². The third kappa shape index (κ3) is 1.22. The number of nitrogens with zero attached hydrogens (tertiary/aromatic N) is 1. The molecule has 1 aliphatic carbocycles. The van der Waals surface area contributed by atoms with Crippen LogP contribution in [0.2, 0.25) is 0 Å². The predicted molar refractivity (Wildman–Crippen MR) is 45.3 cm³/mol. The van der Waals surface area contributed by atoms with Crippen molar-refractivity contribution in [2.45, 2.75) is 5.92 Å². The Morgan fingerprint density at radius 3 is 2.64 bits per heavy atom. The predicted octanol–water partition coefficient (Wildman–Crippen LogP) is 2.29. The van der Waals surface area contributed by atoms with E-state index in [1.165, 1.54) is 5.56 Å². The van der Waals surface area contributed by atoms with Crippen LogP contribution in [0.3, 0.4) is 0 Å². The summed E-state index contributed by atoms with van der Waals surface area (Å²) < 4.78 is 0. The summed E-state index contributed by atoms with van der Waals surface area (Å²) in [6.07, 6.45) is 12.2. The average molecular weight is 143 g/mol. The van der Waals surface area contributed by atoms with E-state index in [-0.39, 0.29) is 0 Å². The van der Waals surface area contributed by atoms with Crippen LogP contribution in [-0.2, 0) is 0 Å². The highest BCUT2D eigenvalue weighted by atomic mass is 14.6. The molecule has 0 unspecified atom stereocenters. The van der Waals surface area contributed by atoms with E-state index in [0.717, 1.165) is 0 Å². The fraction of sp³-hybridized carbons (Fsp3) is 0.100. The summed E-state index contributed by atoms with van der Waals surface area (Å²) in [4.78, 5) is 4.06. The molecule has 1 heterocycles. The number of hydrogen-bond acceptors (Lipinski definition) is 1. The normalized spacial score (nSPS) is 16.0. The molecule has 0 spiro atoms. The van der Waals surface area contributed by atoms with Crippen molar-refractivity contribution >= 4 is 0 Å². The Bertz CT molecular complexity index is 273. The van der Waals surface area contributed by atoms with E-state index in [4.69, 9.17) is 0 Å². The number of rotatable bonds is 1. The highest BCUT2D eigenvalue weighted by Gasteiger charge is 2.04. The summed E-state index contributed by atoms with van der Waals surface area (Å²) >= 11 is 0. The van der Waals surface area contributed by atoms with E-state index in [2.05, 4.69) is 35.4 Å². The summed E-state index contributed by atoms with van der Waals surface area (Å²) in [6.45, 7) is 0. The SMILES string of the molecule is C1=CC(c2cccnc2)C=C1. The maximum atomic E-state index is 4.06. The minimum atomic E-state index is 0.448. The van der Waals surface area contributed by atoms with Crippen molar-refractivity contribution in [3.8, 4) is 0 Å². The molecule has 0 atom stereocenters. The van der Waals surface area contributed by atoms with Gasteiger partial charge in [0.2, 0.25) is 0 Å². The summed E-state index contributed by atoms with van der Waals surface area (Å²) in [5.41, 5.74) is 1.26. The van der Waals surface area contributed by atoms with E-state index >= 15 is 0 Å². The molecule has 1 heteroatoms. The van der Waals surface area contributed by atoms with Gasteiger partial charge in [-0.15, -0.1) is 0 Å². The van der Waals surface area contributed by atoms with Crippen molar-refractivity contribution in [3.05, 3.63) is 54.4 Å². The lowest BCUT2D eigenvalue weighted by Crippen LogP contribution is -1.88. The molecular weight excluding hydrogens is 134 g/mol. The number of hydrogen-bond donors (Lipinski definition) is 0. The standard InChI is InChI=1S/C10H9N/c1-2-5-9(4-1)10-6-3-7-11-8-10/h1-9H. The molecule has 0 saturated heterocycles. The first-order chi connectivity index (χ1) is 5.47.